The van der Waals surface area contributed by atoms with E-state index in [0.717, 1.165) is 12.8 Å². The molecule has 80 valence electrons. The molecular formula is C10H18N2O2. The van der Waals surface area contributed by atoms with Crippen LogP contribution < -0.4 is 5.32 Å². The summed E-state index contributed by atoms with van der Waals surface area (Å²) in [6, 6.07) is 0. The molecule has 0 aliphatic carbocycles. The molecule has 14 heavy (non-hydrogen) atoms. The first kappa shape index (κ1) is 12.7. The third kappa shape index (κ3) is 4.64. The summed E-state index contributed by atoms with van der Waals surface area (Å²) in [5, 5.41) is 2.44. The van der Waals surface area contributed by atoms with Gasteiger partial charge >= 0.3 is 11.8 Å². The van der Waals surface area contributed by atoms with Crippen LogP contribution in [-0.4, -0.2) is 36.9 Å². The van der Waals surface area contributed by atoms with Crippen LogP contribution in [0.4, 0.5) is 0 Å². The van der Waals surface area contributed by atoms with E-state index in [4.69, 9.17) is 0 Å². The third-order valence-corrected chi connectivity index (χ3v) is 1.79. The van der Waals surface area contributed by atoms with Gasteiger partial charge in [0.25, 0.3) is 0 Å². The minimum Gasteiger partial charge on any atom is -0.344 e. The van der Waals surface area contributed by atoms with Crippen LogP contribution in [0.3, 0.4) is 0 Å². The molecule has 0 atom stereocenters. The fourth-order valence-corrected chi connectivity index (χ4v) is 0.911. The third-order valence-electron chi connectivity index (χ3n) is 1.79. The van der Waals surface area contributed by atoms with E-state index in [1.165, 1.54) is 11.0 Å². The van der Waals surface area contributed by atoms with Gasteiger partial charge in [-0.1, -0.05) is 19.4 Å². The topological polar surface area (TPSA) is 49.4 Å². The fourth-order valence-electron chi connectivity index (χ4n) is 0.911. The number of hydrogen-bond acceptors (Lipinski definition) is 2. The molecule has 1 N–H and O–H groups in total. The second-order valence-corrected chi connectivity index (χ2v) is 3.08. The van der Waals surface area contributed by atoms with Crippen molar-refractivity contribution in [2.24, 2.45) is 0 Å². The van der Waals surface area contributed by atoms with E-state index in [-0.39, 0.29) is 0 Å². The van der Waals surface area contributed by atoms with Gasteiger partial charge in [0.15, 0.2) is 0 Å². The molecule has 0 saturated heterocycles. The predicted molar refractivity (Wildman–Crippen MR) is 55.8 cm³/mol. The summed E-state index contributed by atoms with van der Waals surface area (Å²) >= 11 is 0. The Morgan fingerprint density at radius 2 is 2.14 bits per heavy atom. The maximum absolute atomic E-state index is 11.3. The van der Waals surface area contributed by atoms with E-state index >= 15 is 0 Å². The van der Waals surface area contributed by atoms with E-state index < -0.39 is 11.8 Å². The van der Waals surface area contributed by atoms with Gasteiger partial charge in [-0.3, -0.25) is 9.59 Å². The number of likely N-dealkylation sites (N-methyl/N-ethyl adjacent to an activating group) is 1. The van der Waals surface area contributed by atoms with E-state index in [1.807, 2.05) is 6.92 Å². The van der Waals surface area contributed by atoms with Crippen molar-refractivity contribution in [1.29, 1.82) is 0 Å². The van der Waals surface area contributed by atoms with Crippen LogP contribution in [0, 0.1) is 0 Å². The SMILES string of the molecule is C=CCNC(=O)C(=O)N(C)CCCC. The van der Waals surface area contributed by atoms with Gasteiger partial charge in [-0.15, -0.1) is 6.58 Å². The number of rotatable bonds is 5. The van der Waals surface area contributed by atoms with Crippen LogP contribution in [0.2, 0.25) is 0 Å². The Balaban J connectivity index is 3.90. The number of carbonyl (C=O) groups excluding carboxylic acids is 2. The van der Waals surface area contributed by atoms with Crippen molar-refractivity contribution in [3.8, 4) is 0 Å². The van der Waals surface area contributed by atoms with E-state index in [1.54, 1.807) is 7.05 Å². The lowest BCUT2D eigenvalue weighted by Gasteiger charge is -2.15. The Morgan fingerprint density at radius 3 is 2.64 bits per heavy atom. The van der Waals surface area contributed by atoms with Gasteiger partial charge in [0.1, 0.15) is 0 Å². The van der Waals surface area contributed by atoms with Gasteiger partial charge in [0.05, 0.1) is 0 Å². The lowest BCUT2D eigenvalue weighted by Crippen LogP contribution is -2.41. The highest BCUT2D eigenvalue weighted by atomic mass is 16.2. The smallest absolute Gasteiger partial charge is 0.311 e. The zero-order valence-electron chi connectivity index (χ0n) is 8.88. The van der Waals surface area contributed by atoms with Gasteiger partial charge in [0, 0.05) is 20.1 Å². The maximum Gasteiger partial charge on any atom is 0.311 e. The lowest BCUT2D eigenvalue weighted by molar-refractivity contribution is -0.144. The van der Waals surface area contributed by atoms with Gasteiger partial charge < -0.3 is 10.2 Å². The number of nitrogens with one attached hydrogen (secondary N) is 1. The van der Waals surface area contributed by atoms with Crippen LogP contribution >= 0.6 is 0 Å². The Hall–Kier alpha value is -1.32. The highest BCUT2D eigenvalue weighted by Gasteiger charge is 2.16. The van der Waals surface area contributed by atoms with Crippen LogP contribution in [0.15, 0.2) is 12.7 Å². The molecule has 0 rings (SSSR count). The molecule has 0 unspecified atom stereocenters. The second kappa shape index (κ2) is 7.12. The van der Waals surface area contributed by atoms with Crippen molar-refractivity contribution >= 4 is 11.8 Å². The Morgan fingerprint density at radius 1 is 1.50 bits per heavy atom. The van der Waals surface area contributed by atoms with Gasteiger partial charge in [-0.05, 0) is 6.42 Å². The largest absolute Gasteiger partial charge is 0.344 e. The zero-order chi connectivity index (χ0) is 11.0. The standard InChI is InChI=1S/C10H18N2O2/c1-4-6-8-12(3)10(14)9(13)11-7-5-2/h5H,2,4,6-8H2,1,3H3,(H,11,13). The molecular weight excluding hydrogens is 180 g/mol. The summed E-state index contributed by atoms with van der Waals surface area (Å²) < 4.78 is 0. The van der Waals surface area contributed by atoms with Gasteiger partial charge in [0.2, 0.25) is 0 Å². The van der Waals surface area contributed by atoms with E-state index in [0.29, 0.717) is 13.1 Å². The molecule has 0 aromatic rings. The summed E-state index contributed by atoms with van der Waals surface area (Å²) in [6.45, 7) is 6.43. The Labute approximate surface area is 85.0 Å². The van der Waals surface area contributed by atoms with Crippen molar-refractivity contribution in [2.75, 3.05) is 20.1 Å². The second-order valence-electron chi connectivity index (χ2n) is 3.08. The minimum absolute atomic E-state index is 0.326. The van der Waals surface area contributed by atoms with Gasteiger partial charge in [-0.25, -0.2) is 0 Å². The maximum atomic E-state index is 11.3. The highest BCUT2D eigenvalue weighted by Crippen LogP contribution is 1.92. The van der Waals surface area contributed by atoms with Crippen molar-refractivity contribution < 1.29 is 9.59 Å². The number of amides is 2. The molecule has 0 bridgehead atoms. The average Bonchev–Trinajstić information content (AvgIpc) is 2.21. The summed E-state index contributed by atoms with van der Waals surface area (Å²) in [7, 11) is 1.63. The normalized spacial score (nSPS) is 9.29. The molecule has 0 fully saturated rings. The van der Waals surface area contributed by atoms with Crippen LogP contribution in [0.5, 0.6) is 0 Å². The molecule has 0 aliphatic rings. The summed E-state index contributed by atoms with van der Waals surface area (Å²) in [6.07, 6.45) is 3.46. The molecule has 0 aromatic carbocycles. The molecule has 2 amide bonds. The fraction of sp³-hybridized carbons (Fsp3) is 0.600. The zero-order valence-corrected chi connectivity index (χ0v) is 8.88. The predicted octanol–water partition coefficient (Wildman–Crippen LogP) is 0.547. The molecule has 4 heteroatoms. The minimum atomic E-state index is -0.566. The summed E-state index contributed by atoms with van der Waals surface area (Å²) in [5.74, 6) is -1.05. The first-order valence-electron chi connectivity index (χ1n) is 4.77. The van der Waals surface area contributed by atoms with Crippen LogP contribution in [-0.2, 0) is 9.59 Å². The van der Waals surface area contributed by atoms with Crippen LogP contribution in [0.25, 0.3) is 0 Å². The number of unbranched alkanes of at least 4 members (excludes halogenated alkanes) is 1. The lowest BCUT2D eigenvalue weighted by atomic mass is 10.3. The number of carbonyl (C=O) groups is 2. The quantitative estimate of drug-likeness (QED) is 0.518. The molecule has 0 saturated carbocycles. The molecule has 0 aliphatic heterocycles. The van der Waals surface area contributed by atoms with Crippen molar-refractivity contribution in [3.05, 3.63) is 12.7 Å². The first-order valence-corrected chi connectivity index (χ1v) is 4.77. The molecule has 0 aromatic heterocycles. The number of nitrogens with zero attached hydrogens (tertiary/aromatic N) is 1. The van der Waals surface area contributed by atoms with E-state index in [9.17, 15) is 9.59 Å². The Kier molecular flexibility index (Phi) is 6.45. The number of hydrogen-bond donors (Lipinski definition) is 1. The molecule has 0 spiro atoms. The van der Waals surface area contributed by atoms with Crippen molar-refractivity contribution in [1.82, 2.24) is 10.2 Å². The summed E-state index contributed by atoms with van der Waals surface area (Å²) in [4.78, 5) is 23.9. The average molecular weight is 198 g/mol. The van der Waals surface area contributed by atoms with Gasteiger partial charge in [-0.2, -0.15) is 0 Å². The highest BCUT2D eigenvalue weighted by molar-refractivity contribution is 6.34. The Bertz CT molecular complexity index is 214. The van der Waals surface area contributed by atoms with Crippen LogP contribution in [0.1, 0.15) is 19.8 Å². The van der Waals surface area contributed by atoms with Crippen molar-refractivity contribution in [3.63, 3.8) is 0 Å². The first-order chi connectivity index (χ1) is 6.63. The molecule has 0 heterocycles. The van der Waals surface area contributed by atoms with Crippen molar-refractivity contribution in [2.45, 2.75) is 19.8 Å². The monoisotopic (exact) mass is 198 g/mol. The van der Waals surface area contributed by atoms with E-state index in [2.05, 4.69) is 11.9 Å². The summed E-state index contributed by atoms with van der Waals surface area (Å²) in [5.41, 5.74) is 0. The molecule has 4 nitrogen and oxygen atoms in total. The molecule has 0 radical (unpaired) electrons.